The third-order valence-corrected chi connectivity index (χ3v) is 6.52. The summed E-state index contributed by atoms with van der Waals surface area (Å²) >= 11 is 1.44. The van der Waals surface area contributed by atoms with Crippen molar-refractivity contribution in [1.29, 1.82) is 0 Å². The third kappa shape index (κ3) is 4.42. The van der Waals surface area contributed by atoms with Gasteiger partial charge in [0.1, 0.15) is 0 Å². The molecule has 4 rings (SSSR count). The highest BCUT2D eigenvalue weighted by Gasteiger charge is 2.27. The van der Waals surface area contributed by atoms with Crippen molar-refractivity contribution in [2.24, 2.45) is 0 Å². The minimum absolute atomic E-state index is 0.0732. The number of thioether (sulfide) groups is 1. The van der Waals surface area contributed by atoms with E-state index in [0.29, 0.717) is 10.5 Å². The molecule has 0 spiro atoms. The fourth-order valence-electron chi connectivity index (χ4n) is 3.53. The van der Waals surface area contributed by atoms with E-state index in [1.54, 1.807) is 18.0 Å². The van der Waals surface area contributed by atoms with Crippen LogP contribution in [0.5, 0.6) is 0 Å². The monoisotopic (exact) mass is 428 g/mol. The zero-order chi connectivity index (χ0) is 22.0. The molecule has 1 atom stereocenters. The minimum Gasteiger partial charge on any atom is -0.346 e. The molecule has 0 unspecified atom stereocenters. The van der Waals surface area contributed by atoms with Crippen LogP contribution in [0.3, 0.4) is 0 Å². The number of likely N-dealkylation sites (N-methyl/N-ethyl adjacent to an activating group) is 1. The van der Waals surface area contributed by atoms with Gasteiger partial charge in [-0.2, -0.15) is 0 Å². The van der Waals surface area contributed by atoms with Gasteiger partial charge in [-0.25, -0.2) is 0 Å². The molecule has 0 bridgehead atoms. The average Bonchev–Trinajstić information content (AvgIpc) is 2.79. The topological polar surface area (TPSA) is 49.4 Å². The van der Waals surface area contributed by atoms with Crippen molar-refractivity contribution in [3.63, 3.8) is 0 Å². The van der Waals surface area contributed by atoms with E-state index in [1.165, 1.54) is 11.8 Å². The molecule has 0 aromatic heterocycles. The number of aryl methyl sites for hydroxylation is 1. The lowest BCUT2D eigenvalue weighted by Gasteiger charge is -2.27. The van der Waals surface area contributed by atoms with Crippen LogP contribution in [0.1, 0.15) is 40.0 Å². The number of hydrogen-bond acceptors (Lipinski definition) is 3. The molecule has 1 aliphatic rings. The predicted octanol–water partition coefficient (Wildman–Crippen LogP) is 5.60. The van der Waals surface area contributed by atoms with Crippen LogP contribution in [0.4, 0.5) is 5.69 Å². The molecule has 0 radical (unpaired) electrons. The second-order valence-corrected chi connectivity index (χ2v) is 8.70. The Morgan fingerprint density at radius 2 is 1.74 bits per heavy atom. The third-order valence-electron chi connectivity index (χ3n) is 5.44. The largest absolute Gasteiger partial charge is 0.346 e. The molecule has 1 N–H and O–H groups in total. The molecular weight excluding hydrogens is 404 g/mol. The van der Waals surface area contributed by atoms with E-state index in [9.17, 15) is 9.59 Å². The number of amides is 2. The maximum atomic E-state index is 13.0. The fourth-order valence-corrected chi connectivity index (χ4v) is 4.61. The lowest BCUT2D eigenvalue weighted by Crippen LogP contribution is -2.31. The van der Waals surface area contributed by atoms with Crippen LogP contribution in [0.25, 0.3) is 6.08 Å². The van der Waals surface area contributed by atoms with E-state index < -0.39 is 0 Å². The summed E-state index contributed by atoms with van der Waals surface area (Å²) in [6.45, 7) is 3.99. The van der Waals surface area contributed by atoms with Crippen molar-refractivity contribution in [3.05, 3.63) is 100.0 Å². The summed E-state index contributed by atoms with van der Waals surface area (Å²) in [7, 11) is 1.75. The number of carbonyl (C=O) groups is 2. The van der Waals surface area contributed by atoms with Gasteiger partial charge in [0, 0.05) is 17.5 Å². The molecule has 1 aliphatic heterocycles. The van der Waals surface area contributed by atoms with Gasteiger partial charge in [-0.05, 0) is 54.8 Å². The first-order valence-corrected chi connectivity index (χ1v) is 11.0. The summed E-state index contributed by atoms with van der Waals surface area (Å²) in [4.78, 5) is 29.0. The van der Waals surface area contributed by atoms with E-state index in [4.69, 9.17) is 0 Å². The molecule has 3 aromatic rings. The molecule has 0 fully saturated rings. The number of fused-ring (bicyclic) bond motifs is 1. The first kappa shape index (κ1) is 20.9. The second-order valence-electron chi connectivity index (χ2n) is 7.62. The predicted molar refractivity (Wildman–Crippen MR) is 127 cm³/mol. The Morgan fingerprint density at radius 3 is 2.48 bits per heavy atom. The Balaban J connectivity index is 1.57. The number of anilines is 1. The SMILES string of the molecule is Cc1ccccc1/C=C1\Sc2ccc(C(=O)N[C@H](C)c3ccccc3)cc2N(C)C1=O. The fraction of sp³-hybridized carbons (Fsp3) is 0.154. The van der Waals surface area contributed by atoms with Crippen molar-refractivity contribution < 1.29 is 9.59 Å². The maximum absolute atomic E-state index is 13.0. The first-order chi connectivity index (χ1) is 14.9. The van der Waals surface area contributed by atoms with Gasteiger partial charge < -0.3 is 10.2 Å². The molecule has 0 aliphatic carbocycles. The summed E-state index contributed by atoms with van der Waals surface area (Å²) in [6.07, 6.45) is 1.93. The van der Waals surface area contributed by atoms with E-state index in [-0.39, 0.29) is 17.9 Å². The Labute approximate surface area is 187 Å². The van der Waals surface area contributed by atoms with Gasteiger partial charge in [0.2, 0.25) is 0 Å². The summed E-state index contributed by atoms with van der Waals surface area (Å²) in [5.74, 6) is -0.234. The van der Waals surface area contributed by atoms with Crippen LogP contribution in [-0.4, -0.2) is 18.9 Å². The zero-order valence-corrected chi connectivity index (χ0v) is 18.6. The molecule has 31 heavy (non-hydrogen) atoms. The highest BCUT2D eigenvalue weighted by molar-refractivity contribution is 8.04. The number of hydrogen-bond donors (Lipinski definition) is 1. The van der Waals surface area contributed by atoms with Gasteiger partial charge in [-0.1, -0.05) is 66.4 Å². The lowest BCUT2D eigenvalue weighted by molar-refractivity contribution is -0.114. The number of rotatable bonds is 4. The quantitative estimate of drug-likeness (QED) is 0.551. The van der Waals surface area contributed by atoms with E-state index >= 15 is 0 Å². The average molecular weight is 429 g/mol. The molecular formula is C26H24N2O2S. The highest BCUT2D eigenvalue weighted by Crippen LogP contribution is 2.42. The van der Waals surface area contributed by atoms with Crippen LogP contribution >= 0.6 is 11.8 Å². The minimum atomic E-state index is -0.161. The molecule has 1 heterocycles. The van der Waals surface area contributed by atoms with Crippen LogP contribution in [0.2, 0.25) is 0 Å². The van der Waals surface area contributed by atoms with Crippen molar-refractivity contribution in [2.75, 3.05) is 11.9 Å². The summed E-state index contributed by atoms with van der Waals surface area (Å²) in [6, 6.07) is 23.2. The number of nitrogens with zero attached hydrogens (tertiary/aromatic N) is 1. The van der Waals surface area contributed by atoms with Gasteiger partial charge >= 0.3 is 0 Å². The van der Waals surface area contributed by atoms with Crippen LogP contribution in [0, 0.1) is 6.92 Å². The van der Waals surface area contributed by atoms with Crippen LogP contribution < -0.4 is 10.2 Å². The van der Waals surface area contributed by atoms with E-state index in [1.807, 2.05) is 86.7 Å². The summed E-state index contributed by atoms with van der Waals surface area (Å²) in [5, 5.41) is 3.03. The van der Waals surface area contributed by atoms with Crippen LogP contribution in [0.15, 0.2) is 82.6 Å². The van der Waals surface area contributed by atoms with Gasteiger partial charge in [0.15, 0.2) is 0 Å². The molecule has 3 aromatic carbocycles. The molecule has 0 saturated carbocycles. The Morgan fingerprint density at radius 1 is 1.03 bits per heavy atom. The van der Waals surface area contributed by atoms with E-state index in [2.05, 4.69) is 5.32 Å². The highest BCUT2D eigenvalue weighted by atomic mass is 32.2. The molecule has 0 saturated heterocycles. The van der Waals surface area contributed by atoms with Crippen molar-refractivity contribution in [2.45, 2.75) is 24.8 Å². The lowest BCUT2D eigenvalue weighted by atomic mass is 10.1. The first-order valence-electron chi connectivity index (χ1n) is 10.2. The van der Waals surface area contributed by atoms with E-state index in [0.717, 1.165) is 27.3 Å². The number of nitrogens with one attached hydrogen (secondary N) is 1. The Bertz CT molecular complexity index is 1170. The van der Waals surface area contributed by atoms with Gasteiger partial charge in [-0.3, -0.25) is 9.59 Å². The molecule has 2 amide bonds. The van der Waals surface area contributed by atoms with Crippen LogP contribution in [-0.2, 0) is 4.79 Å². The molecule has 4 nitrogen and oxygen atoms in total. The molecule has 156 valence electrons. The smallest absolute Gasteiger partial charge is 0.264 e. The second kappa shape index (κ2) is 8.82. The standard InChI is InChI=1S/C26H24N2O2S/c1-17-9-7-8-12-20(17)16-24-26(30)28(3)22-15-21(13-14-23(22)31-24)25(29)27-18(2)19-10-5-4-6-11-19/h4-16,18H,1-3H3,(H,27,29)/b24-16-/t18-/m1/s1. The Kier molecular flexibility index (Phi) is 5.96. The van der Waals surface area contributed by atoms with Gasteiger partial charge in [0.25, 0.3) is 11.8 Å². The normalized spacial score (nSPS) is 15.5. The van der Waals surface area contributed by atoms with Gasteiger partial charge in [-0.15, -0.1) is 0 Å². The van der Waals surface area contributed by atoms with Crippen molar-refractivity contribution in [1.82, 2.24) is 5.32 Å². The summed E-state index contributed by atoms with van der Waals surface area (Å²) < 4.78 is 0. The Hall–Kier alpha value is -3.31. The number of benzene rings is 3. The zero-order valence-electron chi connectivity index (χ0n) is 17.8. The van der Waals surface area contributed by atoms with Crippen molar-refractivity contribution >= 4 is 35.3 Å². The van der Waals surface area contributed by atoms with Gasteiger partial charge in [0.05, 0.1) is 16.6 Å². The van der Waals surface area contributed by atoms with Crippen molar-refractivity contribution in [3.8, 4) is 0 Å². The maximum Gasteiger partial charge on any atom is 0.264 e. The molecule has 5 heteroatoms. The number of carbonyl (C=O) groups excluding carboxylic acids is 2. The summed E-state index contributed by atoms with van der Waals surface area (Å²) in [5.41, 5.74) is 4.48.